The third kappa shape index (κ3) is 4.42. The Morgan fingerprint density at radius 3 is 2.74 bits per heavy atom. The van der Waals surface area contributed by atoms with E-state index in [2.05, 4.69) is 34.0 Å². The maximum atomic E-state index is 12.7. The van der Waals surface area contributed by atoms with Crippen LogP contribution in [0.2, 0.25) is 0 Å². The maximum Gasteiger partial charge on any atom is 0.269 e. The standard InChI is InChI=1S/C20H28N4O2S/c1-15-4-5-19(27-15)14-22-8-2-3-16(13-22)24-20(26)11-17(12-21-24)23-9-6-18(25)7-10-23/h4-5,11-12,16,18,25H,2-3,6-10,13-14H2,1H3/t16-/m0/s1. The van der Waals surface area contributed by atoms with Crippen LogP contribution in [0.1, 0.15) is 41.5 Å². The molecule has 27 heavy (non-hydrogen) atoms. The minimum Gasteiger partial charge on any atom is -0.393 e. The van der Waals surface area contributed by atoms with Gasteiger partial charge in [-0.05, 0) is 51.3 Å². The molecule has 0 saturated carbocycles. The maximum absolute atomic E-state index is 12.7. The fraction of sp³-hybridized carbons (Fsp3) is 0.600. The highest BCUT2D eigenvalue weighted by Crippen LogP contribution is 2.24. The van der Waals surface area contributed by atoms with Gasteiger partial charge in [0.15, 0.2) is 0 Å². The Balaban J connectivity index is 1.43. The van der Waals surface area contributed by atoms with E-state index < -0.39 is 0 Å². The summed E-state index contributed by atoms with van der Waals surface area (Å²) in [6, 6.07) is 6.24. The summed E-state index contributed by atoms with van der Waals surface area (Å²) in [5.41, 5.74) is 0.863. The monoisotopic (exact) mass is 388 g/mol. The van der Waals surface area contributed by atoms with E-state index in [9.17, 15) is 9.90 Å². The average molecular weight is 389 g/mol. The lowest BCUT2D eigenvalue weighted by atomic mass is 10.1. The zero-order valence-electron chi connectivity index (χ0n) is 15.9. The average Bonchev–Trinajstić information content (AvgIpc) is 3.07. The van der Waals surface area contributed by atoms with Crippen LogP contribution < -0.4 is 10.5 Å². The van der Waals surface area contributed by atoms with Crippen LogP contribution in [0.5, 0.6) is 0 Å². The number of likely N-dealkylation sites (tertiary alicyclic amines) is 1. The van der Waals surface area contributed by atoms with Crippen molar-refractivity contribution in [3.05, 3.63) is 44.5 Å². The fourth-order valence-corrected chi connectivity index (χ4v) is 5.08. The summed E-state index contributed by atoms with van der Waals surface area (Å²) in [6.45, 7) is 6.61. The molecule has 2 aromatic rings. The van der Waals surface area contributed by atoms with Crippen LogP contribution in [0.4, 0.5) is 5.69 Å². The van der Waals surface area contributed by atoms with E-state index in [1.807, 2.05) is 17.5 Å². The predicted octanol–water partition coefficient (Wildman–Crippen LogP) is 2.41. The number of hydrogen-bond acceptors (Lipinski definition) is 6. The molecule has 2 saturated heterocycles. The van der Waals surface area contributed by atoms with E-state index >= 15 is 0 Å². The van der Waals surface area contributed by atoms with Crippen molar-refractivity contribution in [2.24, 2.45) is 0 Å². The second kappa shape index (κ2) is 8.12. The first-order valence-corrected chi connectivity index (χ1v) is 10.7. The molecule has 0 unspecified atom stereocenters. The van der Waals surface area contributed by atoms with Crippen molar-refractivity contribution < 1.29 is 5.11 Å². The SMILES string of the molecule is Cc1ccc(CN2CCC[C@H](n3ncc(N4CCC(O)CC4)cc3=O)C2)s1. The molecule has 6 nitrogen and oxygen atoms in total. The van der Waals surface area contributed by atoms with Crippen LogP contribution in [0.3, 0.4) is 0 Å². The van der Waals surface area contributed by atoms with Crippen LogP contribution in [0.25, 0.3) is 0 Å². The van der Waals surface area contributed by atoms with Gasteiger partial charge in [-0.1, -0.05) is 0 Å². The molecular formula is C20H28N4O2S. The number of hydrogen-bond donors (Lipinski definition) is 1. The number of piperidine rings is 2. The van der Waals surface area contributed by atoms with E-state index in [1.165, 1.54) is 9.75 Å². The normalized spacial score (nSPS) is 22.3. The molecule has 0 aliphatic carbocycles. The van der Waals surface area contributed by atoms with Crippen LogP contribution in [-0.2, 0) is 6.54 Å². The van der Waals surface area contributed by atoms with Gasteiger partial charge < -0.3 is 10.0 Å². The van der Waals surface area contributed by atoms with Gasteiger partial charge in [0, 0.05) is 42.0 Å². The van der Waals surface area contributed by atoms with Gasteiger partial charge in [-0.25, -0.2) is 4.68 Å². The highest BCUT2D eigenvalue weighted by atomic mass is 32.1. The van der Waals surface area contributed by atoms with Crippen molar-refractivity contribution in [3.63, 3.8) is 0 Å². The van der Waals surface area contributed by atoms with Crippen LogP contribution in [0.15, 0.2) is 29.2 Å². The number of aryl methyl sites for hydroxylation is 1. The minimum atomic E-state index is -0.213. The molecule has 2 aromatic heterocycles. The van der Waals surface area contributed by atoms with Gasteiger partial charge in [0.2, 0.25) is 0 Å². The van der Waals surface area contributed by atoms with Crippen LogP contribution in [-0.4, -0.2) is 52.1 Å². The summed E-state index contributed by atoms with van der Waals surface area (Å²) in [4.78, 5) is 20.0. The van der Waals surface area contributed by atoms with E-state index in [4.69, 9.17) is 0 Å². The zero-order valence-corrected chi connectivity index (χ0v) is 16.7. The molecule has 4 heterocycles. The molecular weight excluding hydrogens is 360 g/mol. The predicted molar refractivity (Wildman–Crippen MR) is 109 cm³/mol. The molecule has 2 fully saturated rings. The molecule has 2 aliphatic heterocycles. The lowest BCUT2D eigenvalue weighted by Crippen LogP contribution is -2.41. The number of aromatic nitrogens is 2. The lowest BCUT2D eigenvalue weighted by Gasteiger charge is -2.33. The molecule has 2 aliphatic rings. The number of rotatable bonds is 4. The van der Waals surface area contributed by atoms with E-state index in [0.29, 0.717) is 0 Å². The third-order valence-electron chi connectivity index (χ3n) is 5.64. The van der Waals surface area contributed by atoms with Crippen molar-refractivity contribution in [1.29, 1.82) is 0 Å². The molecule has 7 heteroatoms. The van der Waals surface area contributed by atoms with E-state index in [1.54, 1.807) is 10.7 Å². The van der Waals surface area contributed by atoms with Gasteiger partial charge in [-0.3, -0.25) is 9.69 Å². The molecule has 4 rings (SSSR count). The Hall–Kier alpha value is -1.70. The van der Waals surface area contributed by atoms with E-state index in [-0.39, 0.29) is 17.7 Å². The summed E-state index contributed by atoms with van der Waals surface area (Å²) < 4.78 is 1.67. The molecule has 146 valence electrons. The molecule has 0 spiro atoms. The summed E-state index contributed by atoms with van der Waals surface area (Å²) in [6.07, 6.45) is 5.21. The van der Waals surface area contributed by atoms with Gasteiger partial charge in [0.05, 0.1) is 24.0 Å². The second-order valence-electron chi connectivity index (χ2n) is 7.76. The second-order valence-corrected chi connectivity index (χ2v) is 9.13. The molecule has 0 aromatic carbocycles. The smallest absolute Gasteiger partial charge is 0.269 e. The highest BCUT2D eigenvalue weighted by Gasteiger charge is 2.24. The van der Waals surface area contributed by atoms with Crippen molar-refractivity contribution in [3.8, 4) is 0 Å². The van der Waals surface area contributed by atoms with Crippen molar-refractivity contribution in [2.75, 3.05) is 31.1 Å². The number of nitrogens with zero attached hydrogens (tertiary/aromatic N) is 4. The minimum absolute atomic E-state index is 0.0163. The van der Waals surface area contributed by atoms with Crippen molar-refractivity contribution in [1.82, 2.24) is 14.7 Å². The van der Waals surface area contributed by atoms with Gasteiger partial charge in [0.1, 0.15) is 0 Å². The Bertz CT molecular complexity index is 825. The molecule has 1 atom stereocenters. The Kier molecular flexibility index (Phi) is 5.61. The van der Waals surface area contributed by atoms with Crippen molar-refractivity contribution >= 4 is 17.0 Å². The topological polar surface area (TPSA) is 61.6 Å². The van der Waals surface area contributed by atoms with Gasteiger partial charge in [-0.15, -0.1) is 11.3 Å². The summed E-state index contributed by atoms with van der Waals surface area (Å²) in [7, 11) is 0. The number of aliphatic hydroxyl groups excluding tert-OH is 1. The molecule has 0 amide bonds. The first kappa shape index (κ1) is 18.7. The first-order chi connectivity index (χ1) is 13.1. The van der Waals surface area contributed by atoms with E-state index in [0.717, 1.165) is 64.1 Å². The van der Waals surface area contributed by atoms with Gasteiger partial charge >= 0.3 is 0 Å². The summed E-state index contributed by atoms with van der Waals surface area (Å²) in [5.74, 6) is 0. The van der Waals surface area contributed by atoms with Crippen LogP contribution in [0, 0.1) is 6.92 Å². The fourth-order valence-electron chi connectivity index (χ4n) is 4.14. The molecule has 0 radical (unpaired) electrons. The molecule has 0 bridgehead atoms. The third-order valence-corrected chi connectivity index (χ3v) is 6.63. The molecule has 1 N–H and O–H groups in total. The number of anilines is 1. The summed E-state index contributed by atoms with van der Waals surface area (Å²) >= 11 is 1.85. The Morgan fingerprint density at radius 1 is 1.22 bits per heavy atom. The van der Waals surface area contributed by atoms with Crippen molar-refractivity contribution in [2.45, 2.75) is 51.3 Å². The van der Waals surface area contributed by atoms with Gasteiger partial charge in [-0.2, -0.15) is 5.10 Å². The number of aliphatic hydroxyl groups is 1. The lowest BCUT2D eigenvalue weighted by molar-refractivity contribution is 0.145. The number of thiophene rings is 1. The zero-order chi connectivity index (χ0) is 18.8. The summed E-state index contributed by atoms with van der Waals surface area (Å²) in [5, 5.41) is 14.2. The largest absolute Gasteiger partial charge is 0.393 e. The first-order valence-electron chi connectivity index (χ1n) is 9.88. The quantitative estimate of drug-likeness (QED) is 0.872. The Morgan fingerprint density at radius 2 is 2.04 bits per heavy atom. The Labute approximate surface area is 164 Å². The van der Waals surface area contributed by atoms with Crippen LogP contribution >= 0.6 is 11.3 Å². The highest BCUT2D eigenvalue weighted by molar-refractivity contribution is 7.11. The van der Waals surface area contributed by atoms with Gasteiger partial charge in [0.25, 0.3) is 5.56 Å².